The van der Waals surface area contributed by atoms with E-state index in [2.05, 4.69) is 22.4 Å². The van der Waals surface area contributed by atoms with Crippen LogP contribution in [-0.4, -0.2) is 18.1 Å². The summed E-state index contributed by atoms with van der Waals surface area (Å²) in [5.74, 6) is 0.729. The van der Waals surface area contributed by atoms with Gasteiger partial charge in [0.15, 0.2) is 0 Å². The fraction of sp³-hybridized carbons (Fsp3) is 0.227. The first-order valence-electron chi connectivity index (χ1n) is 8.87. The molecule has 2 atom stereocenters. The van der Waals surface area contributed by atoms with Crippen molar-refractivity contribution in [1.29, 1.82) is 0 Å². The number of hydrogen-bond acceptors (Lipinski definition) is 3. The molecule has 0 radical (unpaired) electrons. The van der Waals surface area contributed by atoms with E-state index in [0.29, 0.717) is 0 Å². The molecule has 1 aliphatic heterocycles. The van der Waals surface area contributed by atoms with Crippen molar-refractivity contribution in [3.05, 3.63) is 83.9 Å². The molecule has 2 aromatic carbocycles. The van der Waals surface area contributed by atoms with Crippen LogP contribution in [0.2, 0.25) is 0 Å². The smallest absolute Gasteiger partial charge is 0.123 e. The Morgan fingerprint density at radius 3 is 2.69 bits per heavy atom. The van der Waals surface area contributed by atoms with E-state index in [-0.39, 0.29) is 18.0 Å². The topological polar surface area (TPSA) is 34.2 Å². The van der Waals surface area contributed by atoms with E-state index in [0.717, 1.165) is 35.3 Å². The fourth-order valence-corrected chi connectivity index (χ4v) is 3.58. The molecule has 1 aliphatic rings. The highest BCUT2D eigenvalue weighted by Crippen LogP contribution is 2.33. The first-order valence-corrected chi connectivity index (χ1v) is 8.87. The van der Waals surface area contributed by atoms with Crippen LogP contribution in [0.5, 0.6) is 5.75 Å². The standard InChI is InChI=1S/C22H21FN2O/c1-24-22(21-11-8-16-4-2-3-5-20(16)26-21)18-12-17(13-25-14-18)15-6-9-19(23)10-7-15/h2-7,9-10,12-14,21-22,24H,8,11H2,1H3/t21-,22?/m1/s1. The summed E-state index contributed by atoms with van der Waals surface area (Å²) in [4.78, 5) is 4.40. The molecular formula is C22H21FN2O. The lowest BCUT2D eigenvalue weighted by molar-refractivity contribution is 0.132. The van der Waals surface area contributed by atoms with Gasteiger partial charge in [-0.2, -0.15) is 0 Å². The van der Waals surface area contributed by atoms with Crippen molar-refractivity contribution < 1.29 is 9.13 Å². The molecule has 2 heterocycles. The number of pyridine rings is 1. The maximum absolute atomic E-state index is 13.2. The van der Waals surface area contributed by atoms with Gasteiger partial charge < -0.3 is 10.1 Å². The second-order valence-corrected chi connectivity index (χ2v) is 6.58. The number of nitrogens with one attached hydrogen (secondary N) is 1. The normalized spacial score (nSPS) is 17.2. The van der Waals surface area contributed by atoms with E-state index in [1.54, 1.807) is 18.3 Å². The number of nitrogens with zero attached hydrogens (tertiary/aromatic N) is 1. The number of aryl methyl sites for hydroxylation is 1. The van der Waals surface area contributed by atoms with Crippen LogP contribution in [0.3, 0.4) is 0 Å². The zero-order valence-corrected chi connectivity index (χ0v) is 14.7. The number of halogens is 1. The zero-order chi connectivity index (χ0) is 17.9. The Labute approximate surface area is 152 Å². The lowest BCUT2D eigenvalue weighted by atomic mass is 9.93. The minimum Gasteiger partial charge on any atom is -0.488 e. The predicted octanol–water partition coefficient (Wildman–Crippen LogP) is 4.54. The average Bonchev–Trinajstić information content (AvgIpc) is 2.69. The Morgan fingerprint density at radius 2 is 1.88 bits per heavy atom. The van der Waals surface area contributed by atoms with E-state index in [1.807, 2.05) is 31.4 Å². The van der Waals surface area contributed by atoms with Gasteiger partial charge in [0.2, 0.25) is 0 Å². The van der Waals surface area contributed by atoms with E-state index in [1.165, 1.54) is 17.7 Å². The molecule has 132 valence electrons. The lowest BCUT2D eigenvalue weighted by Gasteiger charge is -2.32. The summed E-state index contributed by atoms with van der Waals surface area (Å²) in [6.07, 6.45) is 5.67. The molecule has 0 aliphatic carbocycles. The first-order chi connectivity index (χ1) is 12.7. The largest absolute Gasteiger partial charge is 0.488 e. The molecule has 0 bridgehead atoms. The number of para-hydroxylation sites is 1. The van der Waals surface area contributed by atoms with Crippen LogP contribution in [0.4, 0.5) is 4.39 Å². The summed E-state index contributed by atoms with van der Waals surface area (Å²) in [6, 6.07) is 16.8. The molecule has 3 aromatic rings. The molecule has 0 fully saturated rings. The minimum absolute atomic E-state index is 0.0382. The second kappa shape index (κ2) is 7.26. The molecule has 1 unspecified atom stereocenters. The third-order valence-corrected chi connectivity index (χ3v) is 4.93. The zero-order valence-electron chi connectivity index (χ0n) is 14.7. The monoisotopic (exact) mass is 348 g/mol. The fourth-order valence-electron chi connectivity index (χ4n) is 3.58. The first kappa shape index (κ1) is 16.7. The van der Waals surface area contributed by atoms with Crippen LogP contribution < -0.4 is 10.1 Å². The van der Waals surface area contributed by atoms with Crippen molar-refractivity contribution >= 4 is 0 Å². The summed E-state index contributed by atoms with van der Waals surface area (Å²) in [5.41, 5.74) is 4.25. The SMILES string of the molecule is CNC(c1cncc(-c2ccc(F)cc2)c1)[C@H]1CCc2ccccc2O1. The van der Waals surface area contributed by atoms with Crippen LogP contribution in [0.1, 0.15) is 23.6 Å². The van der Waals surface area contributed by atoms with Crippen LogP contribution in [0.15, 0.2) is 67.0 Å². The van der Waals surface area contributed by atoms with Crippen LogP contribution in [0.25, 0.3) is 11.1 Å². The average molecular weight is 348 g/mol. The van der Waals surface area contributed by atoms with Crippen molar-refractivity contribution in [3.63, 3.8) is 0 Å². The van der Waals surface area contributed by atoms with Crippen LogP contribution in [-0.2, 0) is 6.42 Å². The van der Waals surface area contributed by atoms with Crippen molar-refractivity contribution in [1.82, 2.24) is 10.3 Å². The highest BCUT2D eigenvalue weighted by molar-refractivity contribution is 5.63. The van der Waals surface area contributed by atoms with Gasteiger partial charge in [-0.15, -0.1) is 0 Å². The van der Waals surface area contributed by atoms with Gasteiger partial charge in [0, 0.05) is 18.0 Å². The Bertz CT molecular complexity index is 895. The van der Waals surface area contributed by atoms with Gasteiger partial charge in [0.1, 0.15) is 17.7 Å². The van der Waals surface area contributed by atoms with Crippen LogP contribution in [0, 0.1) is 5.82 Å². The van der Waals surface area contributed by atoms with Gasteiger partial charge in [-0.1, -0.05) is 30.3 Å². The van der Waals surface area contributed by atoms with Gasteiger partial charge in [0.25, 0.3) is 0 Å². The Morgan fingerprint density at radius 1 is 1.08 bits per heavy atom. The molecule has 0 saturated heterocycles. The van der Waals surface area contributed by atoms with E-state index in [4.69, 9.17) is 4.74 Å². The summed E-state index contributed by atoms with van der Waals surface area (Å²) < 4.78 is 19.4. The van der Waals surface area contributed by atoms with Crippen LogP contribution >= 0.6 is 0 Å². The Kier molecular flexibility index (Phi) is 4.67. The summed E-state index contributed by atoms with van der Waals surface area (Å²) >= 11 is 0. The minimum atomic E-state index is -0.236. The van der Waals surface area contributed by atoms with Gasteiger partial charge in [0.05, 0.1) is 6.04 Å². The van der Waals surface area contributed by atoms with E-state index >= 15 is 0 Å². The number of rotatable bonds is 4. The third-order valence-electron chi connectivity index (χ3n) is 4.93. The molecule has 0 spiro atoms. The van der Waals surface area contributed by atoms with E-state index < -0.39 is 0 Å². The molecule has 4 rings (SSSR count). The summed E-state index contributed by atoms with van der Waals surface area (Å²) in [5, 5.41) is 3.38. The molecule has 1 aromatic heterocycles. The molecule has 26 heavy (non-hydrogen) atoms. The third kappa shape index (κ3) is 3.33. The van der Waals surface area contributed by atoms with Gasteiger partial charge >= 0.3 is 0 Å². The van der Waals surface area contributed by atoms with Gasteiger partial charge in [-0.25, -0.2) is 4.39 Å². The van der Waals surface area contributed by atoms with Crippen molar-refractivity contribution in [2.45, 2.75) is 25.0 Å². The van der Waals surface area contributed by atoms with Crippen molar-refractivity contribution in [2.75, 3.05) is 7.05 Å². The lowest BCUT2D eigenvalue weighted by Crippen LogP contribution is -2.36. The number of fused-ring (bicyclic) bond motifs is 1. The van der Waals surface area contributed by atoms with E-state index in [9.17, 15) is 4.39 Å². The van der Waals surface area contributed by atoms with Gasteiger partial charge in [-0.05, 0) is 60.8 Å². The molecule has 0 amide bonds. The molecule has 3 nitrogen and oxygen atoms in total. The molecule has 4 heteroatoms. The highest BCUT2D eigenvalue weighted by Gasteiger charge is 2.28. The van der Waals surface area contributed by atoms with Crippen molar-refractivity contribution in [2.24, 2.45) is 0 Å². The second-order valence-electron chi connectivity index (χ2n) is 6.58. The highest BCUT2D eigenvalue weighted by atomic mass is 19.1. The quantitative estimate of drug-likeness (QED) is 0.751. The summed E-state index contributed by atoms with van der Waals surface area (Å²) in [7, 11) is 1.94. The number of benzene rings is 2. The number of likely N-dealkylation sites (N-methyl/N-ethyl adjacent to an activating group) is 1. The number of ether oxygens (including phenoxy) is 1. The molecule has 0 saturated carbocycles. The maximum atomic E-state index is 13.2. The maximum Gasteiger partial charge on any atom is 0.123 e. The van der Waals surface area contributed by atoms with Crippen molar-refractivity contribution in [3.8, 4) is 16.9 Å². The molecule has 1 N–H and O–H groups in total. The Hall–Kier alpha value is -2.72. The van der Waals surface area contributed by atoms with Gasteiger partial charge in [-0.3, -0.25) is 4.98 Å². The number of aromatic nitrogens is 1. The predicted molar refractivity (Wildman–Crippen MR) is 101 cm³/mol. The molecular weight excluding hydrogens is 327 g/mol. The Balaban J connectivity index is 1.61. The number of hydrogen-bond donors (Lipinski definition) is 1. The summed E-state index contributed by atoms with van der Waals surface area (Å²) in [6.45, 7) is 0.